The molecule has 20 heavy (non-hydrogen) atoms. The maximum atomic E-state index is 13.2. The summed E-state index contributed by atoms with van der Waals surface area (Å²) in [7, 11) is 0. The molecule has 1 aliphatic rings. The zero-order valence-electron chi connectivity index (χ0n) is 11.0. The molecule has 4 nitrogen and oxygen atoms in total. The van der Waals surface area contributed by atoms with Crippen molar-refractivity contribution in [2.24, 2.45) is 0 Å². The maximum absolute atomic E-state index is 13.2. The minimum atomic E-state index is -0.905. The van der Waals surface area contributed by atoms with Gasteiger partial charge in [0.15, 0.2) is 11.6 Å². The fraction of sp³-hybridized carbons (Fsp3) is 0.429. The lowest BCUT2D eigenvalue weighted by atomic mass is 10.1. The third kappa shape index (κ3) is 2.85. The number of fused-ring (bicyclic) bond motifs is 1. The second kappa shape index (κ2) is 5.66. The molecule has 0 spiro atoms. The van der Waals surface area contributed by atoms with Crippen molar-refractivity contribution in [3.8, 4) is 0 Å². The lowest BCUT2D eigenvalue weighted by Gasteiger charge is -2.23. The van der Waals surface area contributed by atoms with E-state index in [-0.39, 0.29) is 0 Å². The summed E-state index contributed by atoms with van der Waals surface area (Å²) in [5.41, 5.74) is 0.704. The van der Waals surface area contributed by atoms with Gasteiger partial charge in [-0.25, -0.2) is 13.8 Å². The topological polar surface area (TPSA) is 49.8 Å². The van der Waals surface area contributed by atoms with E-state index in [4.69, 9.17) is 0 Å². The average molecular weight is 278 g/mol. The Bertz CT molecular complexity index is 611. The molecule has 1 fully saturated rings. The highest BCUT2D eigenvalue weighted by Crippen LogP contribution is 2.17. The number of nitrogens with one attached hydrogen (secondary N) is 2. The quantitative estimate of drug-likeness (QED) is 0.905. The number of rotatable bonds is 3. The van der Waals surface area contributed by atoms with Crippen molar-refractivity contribution < 1.29 is 8.78 Å². The molecule has 1 atom stereocenters. The first-order valence-electron chi connectivity index (χ1n) is 6.81. The summed E-state index contributed by atoms with van der Waals surface area (Å²) in [5.74, 6) is -1.23. The van der Waals surface area contributed by atoms with Gasteiger partial charge in [0.05, 0.1) is 17.2 Å². The number of hydrogen-bond acceptors (Lipinski definition) is 4. The third-order valence-corrected chi connectivity index (χ3v) is 3.53. The summed E-state index contributed by atoms with van der Waals surface area (Å²) < 4.78 is 26.3. The van der Waals surface area contributed by atoms with Gasteiger partial charge in [0.25, 0.3) is 0 Å². The van der Waals surface area contributed by atoms with Crippen molar-refractivity contribution in [3.63, 3.8) is 0 Å². The summed E-state index contributed by atoms with van der Waals surface area (Å²) in [4.78, 5) is 8.35. The van der Waals surface area contributed by atoms with Crippen LogP contribution in [0.5, 0.6) is 0 Å². The van der Waals surface area contributed by atoms with Crippen LogP contribution in [-0.2, 0) is 0 Å². The summed E-state index contributed by atoms with van der Waals surface area (Å²) in [6.45, 7) is 1.80. The van der Waals surface area contributed by atoms with Crippen LogP contribution in [0.3, 0.4) is 0 Å². The molecule has 1 saturated heterocycles. The van der Waals surface area contributed by atoms with Crippen LogP contribution in [0.25, 0.3) is 11.0 Å². The Hall–Kier alpha value is -1.82. The molecule has 0 radical (unpaired) electrons. The van der Waals surface area contributed by atoms with Gasteiger partial charge in [0.2, 0.25) is 0 Å². The lowest BCUT2D eigenvalue weighted by molar-refractivity contribution is 0.414. The van der Waals surface area contributed by atoms with Gasteiger partial charge in [-0.15, -0.1) is 0 Å². The van der Waals surface area contributed by atoms with E-state index in [0.717, 1.165) is 31.6 Å². The molecule has 1 aromatic carbocycles. The van der Waals surface area contributed by atoms with Gasteiger partial charge in [0, 0.05) is 24.7 Å². The van der Waals surface area contributed by atoms with Crippen molar-refractivity contribution in [2.75, 3.05) is 18.4 Å². The van der Waals surface area contributed by atoms with E-state index in [1.54, 1.807) is 6.20 Å². The molecule has 1 aliphatic heterocycles. The molecule has 1 aromatic heterocycles. The van der Waals surface area contributed by atoms with Crippen molar-refractivity contribution in [1.82, 2.24) is 15.3 Å². The number of benzene rings is 1. The third-order valence-electron chi connectivity index (χ3n) is 3.53. The summed E-state index contributed by atoms with van der Waals surface area (Å²) in [6.07, 6.45) is 5.13. The number of aromatic nitrogens is 2. The number of piperidine rings is 1. The first-order valence-corrected chi connectivity index (χ1v) is 6.81. The standard InChI is InChI=1S/C14H16F2N4/c15-10-5-12-13(6-11(10)16)20-14(8-18-12)19-7-9-3-1-2-4-17-9/h5-6,8-9,17H,1-4,7H2,(H,19,20)/t9-/m0/s1. The first kappa shape index (κ1) is 13.2. The summed E-state index contributed by atoms with van der Waals surface area (Å²) in [5, 5.41) is 6.61. The van der Waals surface area contributed by atoms with Gasteiger partial charge >= 0.3 is 0 Å². The molecule has 6 heteroatoms. The molecule has 0 bridgehead atoms. The Morgan fingerprint density at radius 1 is 1.20 bits per heavy atom. The molecule has 3 rings (SSSR count). The van der Waals surface area contributed by atoms with Gasteiger partial charge < -0.3 is 10.6 Å². The Labute approximate surface area is 115 Å². The highest BCUT2D eigenvalue weighted by Gasteiger charge is 2.12. The lowest BCUT2D eigenvalue weighted by Crippen LogP contribution is -2.39. The average Bonchev–Trinajstić information content (AvgIpc) is 2.47. The van der Waals surface area contributed by atoms with Crippen molar-refractivity contribution in [1.29, 1.82) is 0 Å². The van der Waals surface area contributed by atoms with Gasteiger partial charge in [-0.05, 0) is 19.4 Å². The van der Waals surface area contributed by atoms with E-state index in [9.17, 15) is 8.78 Å². The Morgan fingerprint density at radius 3 is 2.75 bits per heavy atom. The monoisotopic (exact) mass is 278 g/mol. The molecule has 106 valence electrons. The van der Waals surface area contributed by atoms with E-state index in [2.05, 4.69) is 20.6 Å². The van der Waals surface area contributed by atoms with Gasteiger partial charge in [-0.2, -0.15) is 0 Å². The summed E-state index contributed by atoms with van der Waals surface area (Å²) in [6, 6.07) is 2.55. The zero-order chi connectivity index (χ0) is 13.9. The summed E-state index contributed by atoms with van der Waals surface area (Å²) >= 11 is 0. The van der Waals surface area contributed by atoms with E-state index >= 15 is 0 Å². The van der Waals surface area contributed by atoms with Gasteiger partial charge in [-0.3, -0.25) is 4.98 Å². The zero-order valence-corrected chi connectivity index (χ0v) is 11.0. The molecule has 2 heterocycles. The highest BCUT2D eigenvalue weighted by molar-refractivity contribution is 5.75. The molecule has 2 N–H and O–H groups in total. The van der Waals surface area contributed by atoms with Crippen LogP contribution >= 0.6 is 0 Å². The van der Waals surface area contributed by atoms with Gasteiger partial charge in [-0.1, -0.05) is 6.42 Å². The minimum Gasteiger partial charge on any atom is -0.367 e. The van der Waals surface area contributed by atoms with Gasteiger partial charge in [0.1, 0.15) is 5.82 Å². The first-order chi connectivity index (χ1) is 9.72. The maximum Gasteiger partial charge on any atom is 0.161 e. The smallest absolute Gasteiger partial charge is 0.161 e. The Kier molecular flexibility index (Phi) is 3.73. The molecule has 0 aliphatic carbocycles. The second-order valence-electron chi connectivity index (χ2n) is 5.04. The van der Waals surface area contributed by atoms with Crippen LogP contribution < -0.4 is 10.6 Å². The van der Waals surface area contributed by atoms with Crippen molar-refractivity contribution >= 4 is 16.9 Å². The molecule has 0 unspecified atom stereocenters. The molecule has 0 saturated carbocycles. The number of halogens is 2. The van der Waals surface area contributed by atoms with Crippen LogP contribution in [0.2, 0.25) is 0 Å². The Morgan fingerprint density at radius 2 is 2.00 bits per heavy atom. The van der Waals surface area contributed by atoms with Crippen molar-refractivity contribution in [3.05, 3.63) is 30.0 Å². The van der Waals surface area contributed by atoms with E-state index in [0.29, 0.717) is 22.9 Å². The van der Waals surface area contributed by atoms with E-state index in [1.165, 1.54) is 12.8 Å². The van der Waals surface area contributed by atoms with Crippen LogP contribution in [0.1, 0.15) is 19.3 Å². The van der Waals surface area contributed by atoms with E-state index in [1.807, 2.05) is 0 Å². The fourth-order valence-electron chi connectivity index (χ4n) is 2.42. The molecular formula is C14H16F2N4. The second-order valence-corrected chi connectivity index (χ2v) is 5.04. The van der Waals surface area contributed by atoms with E-state index < -0.39 is 11.6 Å². The molecule has 2 aromatic rings. The normalized spacial score (nSPS) is 19.2. The van der Waals surface area contributed by atoms with Crippen LogP contribution in [0, 0.1) is 11.6 Å². The van der Waals surface area contributed by atoms with Crippen LogP contribution in [-0.4, -0.2) is 29.1 Å². The molecule has 0 amide bonds. The van der Waals surface area contributed by atoms with Crippen LogP contribution in [0.15, 0.2) is 18.3 Å². The molecular weight excluding hydrogens is 262 g/mol. The van der Waals surface area contributed by atoms with Crippen LogP contribution in [0.4, 0.5) is 14.6 Å². The van der Waals surface area contributed by atoms with Crippen molar-refractivity contribution in [2.45, 2.75) is 25.3 Å². The number of nitrogens with zero attached hydrogens (tertiary/aromatic N) is 2. The number of anilines is 1. The largest absolute Gasteiger partial charge is 0.367 e. The Balaban J connectivity index is 1.73. The highest BCUT2D eigenvalue weighted by atomic mass is 19.2. The predicted octanol–water partition coefficient (Wildman–Crippen LogP) is 2.46. The fourth-order valence-corrected chi connectivity index (χ4v) is 2.42. The minimum absolute atomic E-state index is 0.352. The SMILES string of the molecule is Fc1cc2ncc(NC[C@@H]3CCCCN3)nc2cc1F. The number of hydrogen-bond donors (Lipinski definition) is 2. The predicted molar refractivity (Wildman–Crippen MR) is 73.6 cm³/mol.